The van der Waals surface area contributed by atoms with E-state index < -0.39 is 0 Å². The number of benzene rings is 1. The smallest absolute Gasteiger partial charge is 0.166 e. The van der Waals surface area contributed by atoms with Gasteiger partial charge in [-0.1, -0.05) is 12.1 Å². The van der Waals surface area contributed by atoms with Gasteiger partial charge >= 0.3 is 0 Å². The monoisotopic (exact) mass is 259 g/mol. The molecule has 0 saturated carbocycles. The Kier molecular flexibility index (Phi) is 2.72. The molecule has 0 aliphatic rings. The normalized spacial score (nSPS) is 10.9. The van der Waals surface area contributed by atoms with Gasteiger partial charge in [0.05, 0.1) is 15.9 Å². The zero-order valence-electron chi connectivity index (χ0n) is 9.47. The van der Waals surface area contributed by atoms with Gasteiger partial charge in [0, 0.05) is 6.54 Å². The van der Waals surface area contributed by atoms with Crippen molar-refractivity contribution in [3.05, 3.63) is 58.9 Å². The second kappa shape index (κ2) is 4.38. The van der Waals surface area contributed by atoms with Gasteiger partial charge < -0.3 is 4.57 Å². The van der Waals surface area contributed by atoms with Crippen LogP contribution in [0.2, 0.25) is 0 Å². The van der Waals surface area contributed by atoms with E-state index in [-0.39, 0.29) is 5.82 Å². The quantitative estimate of drug-likeness (QED) is 0.657. The molecule has 0 saturated heterocycles. The molecule has 0 bridgehead atoms. The van der Waals surface area contributed by atoms with Gasteiger partial charge in [-0.15, -0.1) is 11.3 Å². The number of carbonyl (C=O) groups is 1. The Morgan fingerprint density at radius 3 is 2.72 bits per heavy atom. The molecule has 3 rings (SSSR count). The first-order chi connectivity index (χ1) is 8.78. The molecule has 0 radical (unpaired) electrons. The maximum absolute atomic E-state index is 12.9. The Bertz CT molecular complexity index is 696. The van der Waals surface area contributed by atoms with Crippen molar-refractivity contribution in [1.29, 1.82) is 0 Å². The van der Waals surface area contributed by atoms with E-state index in [9.17, 15) is 9.18 Å². The Hall–Kier alpha value is -1.94. The first kappa shape index (κ1) is 11.2. The van der Waals surface area contributed by atoms with Crippen molar-refractivity contribution >= 4 is 27.8 Å². The molecule has 4 heteroatoms. The maximum atomic E-state index is 12.9. The molecule has 0 fully saturated rings. The van der Waals surface area contributed by atoms with Crippen LogP contribution in [0.25, 0.3) is 10.2 Å². The van der Waals surface area contributed by atoms with Crippen LogP contribution >= 0.6 is 11.3 Å². The number of rotatable bonds is 3. The molecule has 2 aromatic heterocycles. The number of fused-ring (bicyclic) bond motifs is 1. The Labute approximate surface area is 107 Å². The van der Waals surface area contributed by atoms with Gasteiger partial charge in [-0.05, 0) is 35.2 Å². The molecule has 0 atom stereocenters. The van der Waals surface area contributed by atoms with Gasteiger partial charge in [0.15, 0.2) is 6.29 Å². The molecule has 90 valence electrons. The van der Waals surface area contributed by atoms with Crippen molar-refractivity contribution in [3.63, 3.8) is 0 Å². The Morgan fingerprint density at radius 2 is 2.00 bits per heavy atom. The number of nitrogens with zero attached hydrogens (tertiary/aromatic N) is 1. The van der Waals surface area contributed by atoms with Gasteiger partial charge in [-0.25, -0.2) is 4.39 Å². The molecule has 0 unspecified atom stereocenters. The molecule has 0 N–H and O–H groups in total. The summed E-state index contributed by atoms with van der Waals surface area (Å²) in [4.78, 5) is 11.1. The number of halogens is 1. The van der Waals surface area contributed by atoms with Crippen LogP contribution in [-0.4, -0.2) is 10.9 Å². The number of thiophene rings is 1. The van der Waals surface area contributed by atoms with Crippen LogP contribution in [0, 0.1) is 5.82 Å². The molecular weight excluding hydrogens is 249 g/mol. The minimum atomic E-state index is -0.248. The molecule has 1 aromatic carbocycles. The van der Waals surface area contributed by atoms with Crippen molar-refractivity contribution in [2.75, 3.05) is 0 Å². The molecule has 0 amide bonds. The molecule has 0 aliphatic carbocycles. The van der Waals surface area contributed by atoms with Crippen LogP contribution in [0.3, 0.4) is 0 Å². The predicted molar refractivity (Wildman–Crippen MR) is 70.7 cm³/mol. The number of carbonyl (C=O) groups excluding carboxylic acids is 1. The largest absolute Gasteiger partial charge is 0.333 e. The van der Waals surface area contributed by atoms with E-state index in [0.29, 0.717) is 12.2 Å². The van der Waals surface area contributed by atoms with E-state index in [2.05, 4.69) is 0 Å². The minimum absolute atomic E-state index is 0.248. The second-order valence-electron chi connectivity index (χ2n) is 4.07. The lowest BCUT2D eigenvalue weighted by atomic mass is 10.2. The SMILES string of the molecule is O=Cc1cc2sccc2n1Cc1ccc(F)cc1. The first-order valence-corrected chi connectivity index (χ1v) is 6.42. The molecule has 0 spiro atoms. The predicted octanol–water partition coefficient (Wildman–Crippen LogP) is 3.70. The van der Waals surface area contributed by atoms with E-state index >= 15 is 0 Å². The van der Waals surface area contributed by atoms with Crippen LogP contribution in [0.1, 0.15) is 16.1 Å². The van der Waals surface area contributed by atoms with Crippen molar-refractivity contribution < 1.29 is 9.18 Å². The zero-order valence-corrected chi connectivity index (χ0v) is 10.3. The van der Waals surface area contributed by atoms with E-state index in [1.807, 2.05) is 22.1 Å². The van der Waals surface area contributed by atoms with Gasteiger partial charge in [-0.2, -0.15) is 0 Å². The fourth-order valence-corrected chi connectivity index (χ4v) is 2.87. The lowest BCUT2D eigenvalue weighted by Crippen LogP contribution is -2.03. The van der Waals surface area contributed by atoms with E-state index in [1.165, 1.54) is 12.1 Å². The van der Waals surface area contributed by atoms with E-state index in [1.54, 1.807) is 23.5 Å². The molecule has 2 heterocycles. The van der Waals surface area contributed by atoms with Crippen LogP contribution in [-0.2, 0) is 6.54 Å². The minimum Gasteiger partial charge on any atom is -0.333 e. The number of hydrogen-bond acceptors (Lipinski definition) is 2. The lowest BCUT2D eigenvalue weighted by Gasteiger charge is -2.06. The summed E-state index contributed by atoms with van der Waals surface area (Å²) < 4.78 is 15.9. The molecule has 18 heavy (non-hydrogen) atoms. The van der Waals surface area contributed by atoms with E-state index in [0.717, 1.165) is 22.1 Å². The maximum Gasteiger partial charge on any atom is 0.166 e. The Balaban J connectivity index is 2.05. The third-order valence-electron chi connectivity index (χ3n) is 2.93. The van der Waals surface area contributed by atoms with Gasteiger partial charge in [0.25, 0.3) is 0 Å². The van der Waals surface area contributed by atoms with Crippen molar-refractivity contribution in [2.24, 2.45) is 0 Å². The Morgan fingerprint density at radius 1 is 1.22 bits per heavy atom. The average Bonchev–Trinajstić information content (AvgIpc) is 2.94. The highest BCUT2D eigenvalue weighted by Crippen LogP contribution is 2.25. The van der Waals surface area contributed by atoms with Crippen LogP contribution in [0.4, 0.5) is 4.39 Å². The highest BCUT2D eigenvalue weighted by molar-refractivity contribution is 7.17. The third kappa shape index (κ3) is 1.84. The van der Waals surface area contributed by atoms with Gasteiger partial charge in [-0.3, -0.25) is 4.79 Å². The molecule has 0 aliphatic heterocycles. The summed E-state index contributed by atoms with van der Waals surface area (Å²) in [5.41, 5.74) is 2.68. The summed E-state index contributed by atoms with van der Waals surface area (Å²) >= 11 is 1.61. The summed E-state index contributed by atoms with van der Waals surface area (Å²) in [5, 5.41) is 2.00. The van der Waals surface area contributed by atoms with Crippen LogP contribution in [0.15, 0.2) is 41.8 Å². The summed E-state index contributed by atoms with van der Waals surface area (Å²) in [6.07, 6.45) is 0.857. The summed E-state index contributed by atoms with van der Waals surface area (Å²) in [6, 6.07) is 10.2. The van der Waals surface area contributed by atoms with E-state index in [4.69, 9.17) is 0 Å². The van der Waals surface area contributed by atoms with Gasteiger partial charge in [0.1, 0.15) is 5.82 Å². The number of hydrogen-bond donors (Lipinski definition) is 0. The number of aldehydes is 1. The van der Waals surface area contributed by atoms with Gasteiger partial charge in [0.2, 0.25) is 0 Å². The highest BCUT2D eigenvalue weighted by Gasteiger charge is 2.09. The third-order valence-corrected chi connectivity index (χ3v) is 3.78. The fourth-order valence-electron chi connectivity index (χ4n) is 2.04. The number of aromatic nitrogens is 1. The summed E-state index contributed by atoms with van der Waals surface area (Å²) in [5.74, 6) is -0.248. The summed E-state index contributed by atoms with van der Waals surface area (Å²) in [7, 11) is 0. The first-order valence-electron chi connectivity index (χ1n) is 5.54. The lowest BCUT2D eigenvalue weighted by molar-refractivity contribution is 0.111. The standard InChI is InChI=1S/C14H10FNOS/c15-11-3-1-10(2-4-11)8-16-12(9-17)7-14-13(16)5-6-18-14/h1-7,9H,8H2. The van der Waals surface area contributed by atoms with Crippen LogP contribution < -0.4 is 0 Å². The zero-order chi connectivity index (χ0) is 12.5. The molecule has 2 nitrogen and oxygen atoms in total. The molecular formula is C14H10FNOS. The van der Waals surface area contributed by atoms with Crippen molar-refractivity contribution in [3.8, 4) is 0 Å². The second-order valence-corrected chi connectivity index (χ2v) is 5.02. The highest BCUT2D eigenvalue weighted by atomic mass is 32.1. The van der Waals surface area contributed by atoms with Crippen LogP contribution in [0.5, 0.6) is 0 Å². The fraction of sp³-hybridized carbons (Fsp3) is 0.0714. The summed E-state index contributed by atoms with van der Waals surface area (Å²) in [6.45, 7) is 0.578. The average molecular weight is 259 g/mol. The molecule has 3 aromatic rings. The van der Waals surface area contributed by atoms with Crippen molar-refractivity contribution in [1.82, 2.24) is 4.57 Å². The topological polar surface area (TPSA) is 22.0 Å². The van der Waals surface area contributed by atoms with Crippen molar-refractivity contribution in [2.45, 2.75) is 6.54 Å².